The zero-order valence-corrected chi connectivity index (χ0v) is 14.5. The van der Waals surface area contributed by atoms with Crippen LogP contribution in [0, 0.1) is 6.92 Å². The van der Waals surface area contributed by atoms with Gasteiger partial charge in [-0.2, -0.15) is 0 Å². The van der Waals surface area contributed by atoms with Crippen molar-refractivity contribution < 1.29 is 9.53 Å². The highest BCUT2D eigenvalue weighted by Crippen LogP contribution is 2.39. The number of aryl methyl sites for hydroxylation is 1. The summed E-state index contributed by atoms with van der Waals surface area (Å²) in [5.74, 6) is 0.586. The number of benzene rings is 2. The van der Waals surface area contributed by atoms with Crippen molar-refractivity contribution in [2.45, 2.75) is 11.8 Å². The van der Waals surface area contributed by atoms with Gasteiger partial charge in [0.2, 0.25) is 0 Å². The Morgan fingerprint density at radius 2 is 2.05 bits per heavy atom. The molecule has 0 aromatic heterocycles. The summed E-state index contributed by atoms with van der Waals surface area (Å²) in [6.07, 6.45) is 0. The lowest BCUT2D eigenvalue weighted by Gasteiger charge is -2.20. The molecule has 1 aliphatic rings. The molecule has 1 heterocycles. The lowest BCUT2D eigenvalue weighted by Crippen LogP contribution is -2.25. The van der Waals surface area contributed by atoms with Gasteiger partial charge < -0.3 is 10.1 Å². The lowest BCUT2D eigenvalue weighted by atomic mass is 10.0. The summed E-state index contributed by atoms with van der Waals surface area (Å²) >= 11 is 7.33. The molecule has 1 amide bonds. The summed E-state index contributed by atoms with van der Waals surface area (Å²) in [7, 11) is 0. The fourth-order valence-corrected chi connectivity index (χ4v) is 3.99. The monoisotopic (exact) mass is 409 g/mol. The summed E-state index contributed by atoms with van der Waals surface area (Å²) in [4.78, 5) is 11.5. The Morgan fingerprint density at radius 1 is 1.24 bits per heavy atom. The summed E-state index contributed by atoms with van der Waals surface area (Å²) in [5, 5.41) is 2.83. The number of anilines is 1. The van der Waals surface area contributed by atoms with Gasteiger partial charge in [-0.3, -0.25) is 4.79 Å². The number of carbonyl (C=O) groups is 1. The summed E-state index contributed by atoms with van der Waals surface area (Å²) in [5.41, 5.74) is 4.13. The number of ether oxygens (including phenoxy) is 1. The smallest absolute Gasteiger partial charge is 0.262 e. The van der Waals surface area contributed by atoms with Crippen LogP contribution in [0.2, 0.25) is 0 Å². The Kier molecular flexibility index (Phi) is 4.04. The van der Waals surface area contributed by atoms with Gasteiger partial charge in [-0.15, -0.1) is 0 Å². The highest BCUT2D eigenvalue weighted by Gasteiger charge is 2.19. The second-order valence-electron chi connectivity index (χ2n) is 4.98. The zero-order chi connectivity index (χ0) is 15.0. The number of halogens is 2. The van der Waals surface area contributed by atoms with Crippen LogP contribution in [-0.4, -0.2) is 12.5 Å². The minimum absolute atomic E-state index is 0.0385. The average molecular weight is 411 g/mol. The van der Waals surface area contributed by atoms with E-state index >= 15 is 0 Å². The van der Waals surface area contributed by atoms with Gasteiger partial charge in [0.15, 0.2) is 6.61 Å². The van der Waals surface area contributed by atoms with Crippen molar-refractivity contribution in [1.29, 1.82) is 0 Å². The molecule has 1 N–H and O–H groups in total. The van der Waals surface area contributed by atoms with Crippen LogP contribution in [0.15, 0.2) is 40.9 Å². The molecule has 0 fully saturated rings. The molecular weight excluding hydrogens is 398 g/mol. The molecule has 1 unspecified atom stereocenters. The molecule has 0 bridgehead atoms. The quantitative estimate of drug-likeness (QED) is 0.736. The van der Waals surface area contributed by atoms with Gasteiger partial charge in [0.25, 0.3) is 5.91 Å². The van der Waals surface area contributed by atoms with Crippen molar-refractivity contribution in [2.75, 3.05) is 11.9 Å². The van der Waals surface area contributed by atoms with Gasteiger partial charge >= 0.3 is 0 Å². The van der Waals surface area contributed by atoms with Crippen molar-refractivity contribution in [3.05, 3.63) is 57.6 Å². The molecular formula is C16H13Br2NO2. The van der Waals surface area contributed by atoms with E-state index in [4.69, 9.17) is 4.74 Å². The van der Waals surface area contributed by atoms with Crippen LogP contribution in [0.25, 0.3) is 0 Å². The van der Waals surface area contributed by atoms with Crippen LogP contribution < -0.4 is 10.1 Å². The van der Waals surface area contributed by atoms with Gasteiger partial charge in [-0.25, -0.2) is 0 Å². The molecule has 1 aliphatic heterocycles. The third-order valence-corrected chi connectivity index (χ3v) is 5.07. The van der Waals surface area contributed by atoms with Crippen molar-refractivity contribution >= 4 is 43.5 Å². The van der Waals surface area contributed by atoms with E-state index in [1.54, 1.807) is 0 Å². The average Bonchev–Trinajstić information content (AvgIpc) is 2.46. The summed E-state index contributed by atoms with van der Waals surface area (Å²) < 4.78 is 6.44. The number of fused-ring (bicyclic) bond motifs is 1. The van der Waals surface area contributed by atoms with E-state index in [1.165, 1.54) is 5.56 Å². The van der Waals surface area contributed by atoms with E-state index < -0.39 is 0 Å². The molecule has 3 nitrogen and oxygen atoms in total. The molecule has 0 saturated carbocycles. The molecule has 108 valence electrons. The highest BCUT2D eigenvalue weighted by atomic mass is 79.9. The lowest BCUT2D eigenvalue weighted by molar-refractivity contribution is -0.118. The largest absolute Gasteiger partial charge is 0.482 e. The van der Waals surface area contributed by atoms with Gasteiger partial charge in [0.1, 0.15) is 5.75 Å². The SMILES string of the molecule is Cc1ccc(C(Br)c2ccc3c(c2)NC(=O)CO3)c(Br)c1. The zero-order valence-electron chi connectivity index (χ0n) is 11.3. The van der Waals surface area contributed by atoms with Crippen LogP contribution in [0.1, 0.15) is 21.5 Å². The predicted molar refractivity (Wildman–Crippen MR) is 90.2 cm³/mol. The molecule has 5 heteroatoms. The topological polar surface area (TPSA) is 38.3 Å². The van der Waals surface area contributed by atoms with Crippen LogP contribution in [0.4, 0.5) is 5.69 Å². The van der Waals surface area contributed by atoms with Gasteiger partial charge in [0.05, 0.1) is 10.5 Å². The Hall–Kier alpha value is -1.33. The van der Waals surface area contributed by atoms with Crippen molar-refractivity contribution in [3.8, 4) is 5.75 Å². The van der Waals surface area contributed by atoms with E-state index in [-0.39, 0.29) is 17.3 Å². The van der Waals surface area contributed by atoms with Gasteiger partial charge in [-0.05, 0) is 41.8 Å². The number of rotatable bonds is 2. The van der Waals surface area contributed by atoms with E-state index in [0.29, 0.717) is 5.75 Å². The van der Waals surface area contributed by atoms with Crippen LogP contribution in [0.5, 0.6) is 5.75 Å². The minimum atomic E-state index is -0.123. The van der Waals surface area contributed by atoms with Crippen molar-refractivity contribution in [2.24, 2.45) is 0 Å². The second kappa shape index (κ2) is 5.81. The number of nitrogens with one attached hydrogen (secondary N) is 1. The highest BCUT2D eigenvalue weighted by molar-refractivity contribution is 9.11. The van der Waals surface area contributed by atoms with Crippen LogP contribution >= 0.6 is 31.9 Å². The van der Waals surface area contributed by atoms with Gasteiger partial charge in [-0.1, -0.05) is 50.1 Å². The third kappa shape index (κ3) is 2.99. The molecule has 21 heavy (non-hydrogen) atoms. The maximum atomic E-state index is 11.4. The molecule has 2 aromatic carbocycles. The summed E-state index contributed by atoms with van der Waals surface area (Å²) in [6.45, 7) is 2.14. The normalized spacial score (nSPS) is 14.9. The predicted octanol–water partition coefficient (Wildman–Crippen LogP) is 4.57. The molecule has 1 atom stereocenters. The Bertz CT molecular complexity index is 715. The Labute approximate surface area is 140 Å². The Balaban J connectivity index is 1.96. The number of carbonyl (C=O) groups excluding carboxylic acids is 1. The fraction of sp³-hybridized carbons (Fsp3) is 0.188. The fourth-order valence-electron chi connectivity index (χ4n) is 2.28. The molecule has 0 spiro atoms. The number of alkyl halides is 1. The standard InChI is InChI=1S/C16H13Br2NO2/c1-9-2-4-11(12(17)6-9)16(18)10-3-5-14-13(7-10)19-15(20)8-21-14/h2-7,16H,8H2,1H3,(H,19,20). The number of hydrogen-bond donors (Lipinski definition) is 1. The number of amides is 1. The summed E-state index contributed by atoms with van der Waals surface area (Å²) in [6, 6.07) is 12.1. The van der Waals surface area contributed by atoms with Gasteiger partial charge in [0, 0.05) is 4.47 Å². The maximum Gasteiger partial charge on any atom is 0.262 e. The van der Waals surface area contributed by atoms with Crippen LogP contribution in [0.3, 0.4) is 0 Å². The van der Waals surface area contributed by atoms with Crippen molar-refractivity contribution in [1.82, 2.24) is 0 Å². The molecule has 0 aliphatic carbocycles. The first-order chi connectivity index (χ1) is 10.0. The first-order valence-electron chi connectivity index (χ1n) is 6.51. The second-order valence-corrected chi connectivity index (χ2v) is 6.75. The first kappa shape index (κ1) is 14.6. The first-order valence-corrected chi connectivity index (χ1v) is 8.22. The third-order valence-electron chi connectivity index (χ3n) is 3.36. The van der Waals surface area contributed by atoms with E-state index in [2.05, 4.69) is 62.3 Å². The van der Waals surface area contributed by atoms with E-state index in [9.17, 15) is 4.79 Å². The molecule has 2 aromatic rings. The number of hydrogen-bond acceptors (Lipinski definition) is 2. The van der Waals surface area contributed by atoms with E-state index in [0.717, 1.165) is 21.3 Å². The van der Waals surface area contributed by atoms with Crippen LogP contribution in [-0.2, 0) is 4.79 Å². The maximum absolute atomic E-state index is 11.4. The molecule has 3 rings (SSSR count). The molecule has 0 radical (unpaired) electrons. The molecule has 0 saturated heterocycles. The van der Waals surface area contributed by atoms with Crippen molar-refractivity contribution in [3.63, 3.8) is 0 Å². The Morgan fingerprint density at radius 3 is 2.81 bits per heavy atom. The van der Waals surface area contributed by atoms with E-state index in [1.807, 2.05) is 18.2 Å². The minimum Gasteiger partial charge on any atom is -0.482 e.